The van der Waals surface area contributed by atoms with Gasteiger partial charge in [-0.15, -0.1) is 0 Å². The summed E-state index contributed by atoms with van der Waals surface area (Å²) < 4.78 is 0. The average Bonchev–Trinajstić information content (AvgIpc) is 2.47. The zero-order valence-electron chi connectivity index (χ0n) is 12.4. The second kappa shape index (κ2) is 7.09. The summed E-state index contributed by atoms with van der Waals surface area (Å²) in [6.45, 7) is 3.64. The van der Waals surface area contributed by atoms with Crippen LogP contribution < -0.4 is 10.6 Å². The number of nitrogens with one attached hydrogen (secondary N) is 2. The Hall–Kier alpha value is -2.33. The highest BCUT2D eigenvalue weighted by Crippen LogP contribution is 2.19. The van der Waals surface area contributed by atoms with E-state index in [1.807, 2.05) is 13.8 Å². The Morgan fingerprint density at radius 1 is 0.955 bits per heavy atom. The molecule has 0 aliphatic carbocycles. The van der Waals surface area contributed by atoms with Gasteiger partial charge in [0, 0.05) is 17.3 Å². The van der Waals surface area contributed by atoms with Gasteiger partial charge in [-0.25, -0.2) is 0 Å². The molecule has 2 N–H and O–H groups in total. The van der Waals surface area contributed by atoms with E-state index in [-0.39, 0.29) is 17.7 Å². The van der Waals surface area contributed by atoms with Crippen LogP contribution in [-0.2, 0) is 4.79 Å². The van der Waals surface area contributed by atoms with Crippen LogP contribution in [0.15, 0.2) is 48.5 Å². The Labute approximate surface area is 134 Å². The summed E-state index contributed by atoms with van der Waals surface area (Å²) in [6.07, 6.45) is 0. The molecule has 0 aliphatic rings. The van der Waals surface area contributed by atoms with Gasteiger partial charge in [0.25, 0.3) is 5.91 Å². The largest absolute Gasteiger partial charge is 0.326 e. The second-order valence-electron chi connectivity index (χ2n) is 5.16. The molecular weight excluding hydrogens is 300 g/mol. The summed E-state index contributed by atoms with van der Waals surface area (Å²) in [5.41, 5.74) is 1.63. The van der Waals surface area contributed by atoms with Crippen molar-refractivity contribution in [3.05, 3.63) is 59.1 Å². The predicted octanol–water partition coefficient (Wildman–Crippen LogP) is 4.19. The van der Waals surface area contributed by atoms with Crippen molar-refractivity contribution in [2.24, 2.45) is 5.92 Å². The molecule has 0 aliphatic heterocycles. The fourth-order valence-corrected chi connectivity index (χ4v) is 2.03. The fraction of sp³-hybridized carbons (Fsp3) is 0.176. The van der Waals surface area contributed by atoms with E-state index in [9.17, 15) is 9.59 Å². The minimum Gasteiger partial charge on any atom is -0.326 e. The van der Waals surface area contributed by atoms with E-state index in [1.54, 1.807) is 48.5 Å². The lowest BCUT2D eigenvalue weighted by Gasteiger charge is -2.10. The molecule has 5 heteroatoms. The second-order valence-corrected chi connectivity index (χ2v) is 5.57. The Bertz CT molecular complexity index is 699. The van der Waals surface area contributed by atoms with Crippen molar-refractivity contribution >= 4 is 34.8 Å². The minimum atomic E-state index is -0.294. The van der Waals surface area contributed by atoms with Crippen molar-refractivity contribution in [2.75, 3.05) is 10.6 Å². The van der Waals surface area contributed by atoms with Crippen LogP contribution in [-0.4, -0.2) is 11.8 Å². The number of hydrogen-bond acceptors (Lipinski definition) is 2. The Morgan fingerprint density at radius 3 is 2.23 bits per heavy atom. The van der Waals surface area contributed by atoms with Gasteiger partial charge in [-0.1, -0.05) is 43.6 Å². The van der Waals surface area contributed by atoms with Crippen LogP contribution in [0.1, 0.15) is 24.2 Å². The van der Waals surface area contributed by atoms with E-state index in [2.05, 4.69) is 10.6 Å². The highest BCUT2D eigenvalue weighted by molar-refractivity contribution is 6.34. The molecule has 4 nitrogen and oxygen atoms in total. The first-order valence-electron chi connectivity index (χ1n) is 6.94. The molecule has 0 aromatic heterocycles. The fourth-order valence-electron chi connectivity index (χ4n) is 1.81. The zero-order valence-corrected chi connectivity index (χ0v) is 13.1. The summed E-state index contributed by atoms with van der Waals surface area (Å²) in [7, 11) is 0. The maximum absolute atomic E-state index is 12.2. The van der Waals surface area contributed by atoms with E-state index >= 15 is 0 Å². The van der Waals surface area contributed by atoms with Crippen LogP contribution in [0.4, 0.5) is 11.4 Å². The van der Waals surface area contributed by atoms with Gasteiger partial charge in [-0.05, 0) is 30.3 Å². The minimum absolute atomic E-state index is 0.0745. The topological polar surface area (TPSA) is 58.2 Å². The van der Waals surface area contributed by atoms with Gasteiger partial charge < -0.3 is 10.6 Å². The third-order valence-electron chi connectivity index (χ3n) is 3.03. The Balaban J connectivity index is 2.12. The van der Waals surface area contributed by atoms with Gasteiger partial charge in [0.2, 0.25) is 5.91 Å². The lowest BCUT2D eigenvalue weighted by atomic mass is 10.2. The van der Waals surface area contributed by atoms with Gasteiger partial charge in [-0.2, -0.15) is 0 Å². The number of amides is 2. The van der Waals surface area contributed by atoms with E-state index < -0.39 is 0 Å². The highest BCUT2D eigenvalue weighted by atomic mass is 35.5. The maximum Gasteiger partial charge on any atom is 0.257 e. The smallest absolute Gasteiger partial charge is 0.257 e. The van der Waals surface area contributed by atoms with Crippen molar-refractivity contribution in [2.45, 2.75) is 13.8 Å². The summed E-state index contributed by atoms with van der Waals surface area (Å²) in [4.78, 5) is 23.9. The van der Waals surface area contributed by atoms with Crippen LogP contribution in [0.5, 0.6) is 0 Å². The molecule has 22 heavy (non-hydrogen) atoms. The van der Waals surface area contributed by atoms with Crippen LogP contribution in [0, 0.1) is 5.92 Å². The predicted molar refractivity (Wildman–Crippen MR) is 89.3 cm³/mol. The molecule has 0 heterocycles. The number of rotatable bonds is 4. The summed E-state index contributed by atoms with van der Waals surface area (Å²) in [5.74, 6) is -0.478. The lowest BCUT2D eigenvalue weighted by Crippen LogP contribution is -2.18. The van der Waals surface area contributed by atoms with Gasteiger partial charge in [-0.3, -0.25) is 9.59 Å². The summed E-state index contributed by atoms with van der Waals surface area (Å²) >= 11 is 6.00. The van der Waals surface area contributed by atoms with Crippen LogP contribution in [0.25, 0.3) is 0 Å². The molecule has 2 aromatic carbocycles. The van der Waals surface area contributed by atoms with Crippen molar-refractivity contribution in [3.8, 4) is 0 Å². The number of carbonyl (C=O) groups is 2. The Kier molecular flexibility index (Phi) is 5.17. The SMILES string of the molecule is CC(C)C(=O)Nc1cccc(NC(=O)c2ccccc2Cl)c1. The van der Waals surface area contributed by atoms with Crippen molar-refractivity contribution < 1.29 is 9.59 Å². The molecule has 2 aromatic rings. The molecule has 0 unspecified atom stereocenters. The molecule has 2 rings (SSSR count). The molecule has 0 spiro atoms. The number of halogens is 1. The summed E-state index contributed by atoms with van der Waals surface area (Å²) in [6, 6.07) is 13.8. The maximum atomic E-state index is 12.2. The molecular formula is C17H17ClN2O2. The first kappa shape index (κ1) is 16.0. The molecule has 0 bridgehead atoms. The number of hydrogen-bond donors (Lipinski definition) is 2. The molecule has 114 valence electrons. The molecule has 0 saturated heterocycles. The first-order valence-corrected chi connectivity index (χ1v) is 7.32. The number of carbonyl (C=O) groups excluding carboxylic acids is 2. The van der Waals surface area contributed by atoms with Crippen molar-refractivity contribution in [1.82, 2.24) is 0 Å². The van der Waals surface area contributed by atoms with Crippen LogP contribution in [0.2, 0.25) is 5.02 Å². The monoisotopic (exact) mass is 316 g/mol. The molecule has 0 atom stereocenters. The standard InChI is InChI=1S/C17H17ClN2O2/c1-11(2)16(21)19-12-6-5-7-13(10-12)20-17(22)14-8-3-4-9-15(14)18/h3-11H,1-2H3,(H,19,21)(H,20,22). The third kappa shape index (κ3) is 4.09. The van der Waals surface area contributed by atoms with Gasteiger partial charge in [0.15, 0.2) is 0 Å². The van der Waals surface area contributed by atoms with E-state index in [0.29, 0.717) is 22.0 Å². The van der Waals surface area contributed by atoms with Gasteiger partial charge >= 0.3 is 0 Å². The average molecular weight is 317 g/mol. The highest BCUT2D eigenvalue weighted by Gasteiger charge is 2.11. The van der Waals surface area contributed by atoms with Gasteiger partial charge in [0.05, 0.1) is 10.6 Å². The van der Waals surface area contributed by atoms with E-state index in [4.69, 9.17) is 11.6 Å². The van der Waals surface area contributed by atoms with Gasteiger partial charge in [0.1, 0.15) is 0 Å². The van der Waals surface area contributed by atoms with Crippen molar-refractivity contribution in [3.63, 3.8) is 0 Å². The molecule has 2 amide bonds. The lowest BCUT2D eigenvalue weighted by molar-refractivity contribution is -0.118. The van der Waals surface area contributed by atoms with E-state index in [1.165, 1.54) is 0 Å². The van der Waals surface area contributed by atoms with Crippen molar-refractivity contribution in [1.29, 1.82) is 0 Å². The Morgan fingerprint density at radius 2 is 1.59 bits per heavy atom. The van der Waals surface area contributed by atoms with Crippen LogP contribution in [0.3, 0.4) is 0 Å². The zero-order chi connectivity index (χ0) is 16.1. The third-order valence-corrected chi connectivity index (χ3v) is 3.36. The van der Waals surface area contributed by atoms with Crippen LogP contribution >= 0.6 is 11.6 Å². The number of benzene rings is 2. The molecule has 0 radical (unpaired) electrons. The normalized spacial score (nSPS) is 10.4. The first-order chi connectivity index (χ1) is 10.5. The molecule has 0 saturated carbocycles. The molecule has 0 fully saturated rings. The van der Waals surface area contributed by atoms with E-state index in [0.717, 1.165) is 0 Å². The summed E-state index contributed by atoms with van der Waals surface area (Å²) in [5, 5.41) is 5.95. The quantitative estimate of drug-likeness (QED) is 0.888. The number of anilines is 2.